The molecule has 1 aliphatic rings. The lowest BCUT2D eigenvalue weighted by atomic mass is 10.0. The molecule has 1 atom stereocenters. The van der Waals surface area contributed by atoms with E-state index in [4.69, 9.17) is 10.5 Å². The molecule has 0 spiro atoms. The summed E-state index contributed by atoms with van der Waals surface area (Å²) in [6.07, 6.45) is 2.04. The van der Waals surface area contributed by atoms with Gasteiger partial charge in [0.25, 0.3) is 5.91 Å². The predicted octanol–water partition coefficient (Wildman–Crippen LogP) is 1.47. The van der Waals surface area contributed by atoms with Crippen molar-refractivity contribution in [1.29, 1.82) is 0 Å². The molecule has 9 heteroatoms. The van der Waals surface area contributed by atoms with Gasteiger partial charge in [-0.3, -0.25) is 14.4 Å². The van der Waals surface area contributed by atoms with Crippen molar-refractivity contribution in [3.8, 4) is 0 Å². The Hall–Kier alpha value is -2.16. The van der Waals surface area contributed by atoms with Gasteiger partial charge in [0.05, 0.1) is 5.75 Å². The van der Waals surface area contributed by atoms with Crippen LogP contribution in [-0.4, -0.2) is 47.6 Å². The quantitative estimate of drug-likeness (QED) is 0.603. The molecule has 25 heavy (non-hydrogen) atoms. The zero-order chi connectivity index (χ0) is 18.4. The summed E-state index contributed by atoms with van der Waals surface area (Å²) < 4.78 is 31.4. The first kappa shape index (κ1) is 19.2. The molecule has 1 saturated heterocycles. The Kier molecular flexibility index (Phi) is 6.74. The van der Waals surface area contributed by atoms with Crippen LogP contribution in [0.4, 0.5) is 8.78 Å². The summed E-state index contributed by atoms with van der Waals surface area (Å²) in [5, 5.41) is 0. The largest absolute Gasteiger partial charge is 0.455 e. The smallest absolute Gasteiger partial charge is 0.316 e. The predicted molar refractivity (Wildman–Crippen MR) is 86.6 cm³/mol. The molecule has 0 aromatic heterocycles. The first-order chi connectivity index (χ1) is 11.9. The van der Waals surface area contributed by atoms with E-state index in [-0.39, 0.29) is 10.6 Å². The summed E-state index contributed by atoms with van der Waals surface area (Å²) >= 11 is 0.773. The third-order valence-corrected chi connectivity index (χ3v) is 4.75. The fraction of sp³-hybridized carbons (Fsp3) is 0.438. The molecule has 2 N–H and O–H groups in total. The van der Waals surface area contributed by atoms with Crippen LogP contribution in [0.2, 0.25) is 0 Å². The lowest BCUT2D eigenvalue weighted by Gasteiger charge is -2.33. The molecule has 2 amide bonds. The van der Waals surface area contributed by atoms with Crippen molar-refractivity contribution in [1.82, 2.24) is 4.90 Å². The molecule has 0 bridgehead atoms. The number of nitrogens with zero attached hydrogens (tertiary/aromatic N) is 1. The summed E-state index contributed by atoms with van der Waals surface area (Å²) in [5.41, 5.74) is 5.28. The molecule has 0 unspecified atom stereocenters. The van der Waals surface area contributed by atoms with E-state index in [1.165, 1.54) is 4.90 Å². The fourth-order valence-electron chi connectivity index (χ4n) is 2.52. The second kappa shape index (κ2) is 8.80. The second-order valence-electron chi connectivity index (χ2n) is 5.53. The number of ether oxygens (including phenoxy) is 1. The van der Waals surface area contributed by atoms with Crippen molar-refractivity contribution in [2.45, 2.75) is 30.2 Å². The fourth-order valence-corrected chi connectivity index (χ4v) is 3.28. The molecule has 6 nitrogen and oxygen atoms in total. The SMILES string of the molecule is NC(=O)[C@@H]1CCCCN1C(=O)COC(=O)CSc1cc(F)ccc1F. The highest BCUT2D eigenvalue weighted by Gasteiger charge is 2.30. The third-order valence-electron chi connectivity index (χ3n) is 3.75. The van der Waals surface area contributed by atoms with Gasteiger partial charge in [0, 0.05) is 11.4 Å². The average Bonchev–Trinajstić information content (AvgIpc) is 2.60. The van der Waals surface area contributed by atoms with E-state index in [0.29, 0.717) is 13.0 Å². The van der Waals surface area contributed by atoms with Crippen LogP contribution in [0.3, 0.4) is 0 Å². The highest BCUT2D eigenvalue weighted by molar-refractivity contribution is 8.00. The van der Waals surface area contributed by atoms with Gasteiger partial charge < -0.3 is 15.4 Å². The van der Waals surface area contributed by atoms with Gasteiger partial charge in [0.2, 0.25) is 5.91 Å². The van der Waals surface area contributed by atoms with Crippen molar-refractivity contribution in [3.63, 3.8) is 0 Å². The van der Waals surface area contributed by atoms with Crippen LogP contribution in [0.5, 0.6) is 0 Å². The molecule has 1 heterocycles. The highest BCUT2D eigenvalue weighted by Crippen LogP contribution is 2.23. The molecule has 0 radical (unpaired) electrons. The number of hydrogen-bond donors (Lipinski definition) is 1. The van der Waals surface area contributed by atoms with Crippen molar-refractivity contribution < 1.29 is 27.9 Å². The van der Waals surface area contributed by atoms with Crippen LogP contribution in [0, 0.1) is 11.6 Å². The number of thioether (sulfide) groups is 1. The van der Waals surface area contributed by atoms with Crippen LogP contribution < -0.4 is 5.73 Å². The number of likely N-dealkylation sites (tertiary alicyclic amines) is 1. The van der Waals surface area contributed by atoms with Crippen LogP contribution in [0.25, 0.3) is 0 Å². The molecule has 0 saturated carbocycles. The number of benzene rings is 1. The van der Waals surface area contributed by atoms with Crippen molar-refractivity contribution >= 4 is 29.5 Å². The molecule has 1 fully saturated rings. The van der Waals surface area contributed by atoms with Crippen LogP contribution in [0.1, 0.15) is 19.3 Å². The van der Waals surface area contributed by atoms with Gasteiger partial charge in [0.1, 0.15) is 17.7 Å². The number of amides is 2. The number of nitrogens with two attached hydrogens (primary N) is 1. The number of primary amides is 1. The zero-order valence-corrected chi connectivity index (χ0v) is 14.2. The highest BCUT2D eigenvalue weighted by atomic mass is 32.2. The van der Waals surface area contributed by atoms with Crippen LogP contribution in [0.15, 0.2) is 23.1 Å². The average molecular weight is 372 g/mol. The summed E-state index contributed by atoms with van der Waals surface area (Å²) in [4.78, 5) is 36.5. The number of carbonyl (C=O) groups is 3. The van der Waals surface area contributed by atoms with E-state index in [0.717, 1.165) is 42.8 Å². The monoisotopic (exact) mass is 372 g/mol. The van der Waals surface area contributed by atoms with E-state index in [2.05, 4.69) is 0 Å². The van der Waals surface area contributed by atoms with Gasteiger partial charge in [-0.2, -0.15) is 0 Å². The summed E-state index contributed by atoms with van der Waals surface area (Å²) in [6, 6.07) is 2.23. The molecular formula is C16H18F2N2O4S. The Bertz CT molecular complexity index is 672. The lowest BCUT2D eigenvalue weighted by Crippen LogP contribution is -2.51. The topological polar surface area (TPSA) is 89.7 Å². The Labute approximate surface area is 147 Å². The lowest BCUT2D eigenvalue weighted by molar-refractivity contribution is -0.153. The summed E-state index contributed by atoms with van der Waals surface area (Å²) in [6.45, 7) is -0.137. The third kappa shape index (κ3) is 5.42. The van der Waals surface area contributed by atoms with E-state index in [9.17, 15) is 23.2 Å². The normalized spacial score (nSPS) is 17.2. The maximum absolute atomic E-state index is 13.5. The van der Waals surface area contributed by atoms with Crippen molar-refractivity contribution in [2.24, 2.45) is 5.73 Å². The van der Waals surface area contributed by atoms with Gasteiger partial charge >= 0.3 is 5.97 Å². The van der Waals surface area contributed by atoms with Gasteiger partial charge in [-0.1, -0.05) is 0 Å². The molecule has 1 aliphatic heterocycles. The van der Waals surface area contributed by atoms with Gasteiger partial charge in [-0.05, 0) is 37.5 Å². The van der Waals surface area contributed by atoms with Crippen molar-refractivity contribution in [3.05, 3.63) is 29.8 Å². The molecule has 2 rings (SSSR count). The molecule has 1 aromatic carbocycles. The van der Waals surface area contributed by atoms with Gasteiger partial charge in [-0.25, -0.2) is 8.78 Å². The Balaban J connectivity index is 1.81. The standard InChI is InChI=1S/C16H18F2N2O4S/c17-10-4-5-11(18)13(7-10)25-9-15(22)24-8-14(21)20-6-2-1-3-12(20)16(19)23/h4-5,7,12H,1-3,6,8-9H2,(H2,19,23)/t12-/m0/s1. The van der Waals surface area contributed by atoms with E-state index >= 15 is 0 Å². The first-order valence-electron chi connectivity index (χ1n) is 7.70. The molecule has 0 aliphatic carbocycles. The van der Waals surface area contributed by atoms with Crippen LogP contribution in [-0.2, 0) is 19.1 Å². The van der Waals surface area contributed by atoms with E-state index < -0.39 is 42.1 Å². The minimum atomic E-state index is -0.741. The summed E-state index contributed by atoms with van der Waals surface area (Å²) in [5.74, 6) is -3.36. The minimum absolute atomic E-state index is 0.0203. The number of carbonyl (C=O) groups excluding carboxylic acids is 3. The number of hydrogen-bond acceptors (Lipinski definition) is 5. The van der Waals surface area contributed by atoms with E-state index in [1.54, 1.807) is 0 Å². The molecule has 1 aromatic rings. The number of piperidine rings is 1. The Morgan fingerprint density at radius 1 is 1.28 bits per heavy atom. The molecule has 136 valence electrons. The number of esters is 1. The van der Waals surface area contributed by atoms with Gasteiger partial charge in [0.15, 0.2) is 6.61 Å². The second-order valence-corrected chi connectivity index (χ2v) is 6.54. The summed E-state index contributed by atoms with van der Waals surface area (Å²) in [7, 11) is 0. The minimum Gasteiger partial charge on any atom is -0.455 e. The van der Waals surface area contributed by atoms with Crippen molar-refractivity contribution in [2.75, 3.05) is 18.9 Å². The maximum Gasteiger partial charge on any atom is 0.316 e. The first-order valence-corrected chi connectivity index (χ1v) is 8.69. The number of rotatable bonds is 6. The zero-order valence-electron chi connectivity index (χ0n) is 13.4. The van der Waals surface area contributed by atoms with Crippen LogP contribution >= 0.6 is 11.8 Å². The Morgan fingerprint density at radius 2 is 2.04 bits per heavy atom. The van der Waals surface area contributed by atoms with Gasteiger partial charge in [-0.15, -0.1) is 11.8 Å². The maximum atomic E-state index is 13.5. The number of halogens is 2. The molecular weight excluding hydrogens is 354 g/mol. The Morgan fingerprint density at radius 3 is 2.76 bits per heavy atom. The van der Waals surface area contributed by atoms with E-state index in [1.807, 2.05) is 0 Å².